The third-order valence-electron chi connectivity index (χ3n) is 8.05. The molecule has 0 aliphatic carbocycles. The monoisotopic (exact) mass is 712 g/mol. The zero-order valence-corrected chi connectivity index (χ0v) is 26.7. The standard InChI is InChI=1S/C45H26N4S2/c1-2-12-27(13-3-1)28-14-10-15-29(26-28)43-46-44(35-20-11-19-32-30-16-5-8-22-38(30)50-41(32)35)48-45(47-43)49-36-21-7-4-18-34(36)40-37(49)25-24-33-31-17-6-9-23-39(31)51-42(33)40/h1-26H/i1D,2D,3D,4D,5D,6D,7D,8D,9D,10D,11D,12D,13D,14D,15D,16D,17D,18D,19D,20D,21D,22D,23D,24D,25D,26D. The average Bonchev–Trinajstić information content (AvgIpc) is 4.21. The van der Waals surface area contributed by atoms with Crippen LogP contribution in [0.15, 0.2) is 157 Å². The van der Waals surface area contributed by atoms with Crippen molar-refractivity contribution in [1.29, 1.82) is 0 Å². The van der Waals surface area contributed by atoms with Gasteiger partial charge in [-0.25, -0.2) is 4.98 Å². The molecule has 4 nitrogen and oxygen atoms in total. The number of hydrogen-bond donors (Lipinski definition) is 0. The Morgan fingerprint density at radius 2 is 1.04 bits per heavy atom. The Labute approximate surface area is 337 Å². The first-order valence-corrected chi connectivity index (χ1v) is 16.5. The van der Waals surface area contributed by atoms with Crippen LogP contribution >= 0.6 is 22.7 Å². The first-order valence-electron chi connectivity index (χ1n) is 27.8. The number of rotatable bonds is 4. The molecule has 11 aromatic rings. The van der Waals surface area contributed by atoms with Crippen LogP contribution in [0.5, 0.6) is 0 Å². The Morgan fingerprint density at radius 1 is 0.431 bits per heavy atom. The van der Waals surface area contributed by atoms with Crippen molar-refractivity contribution < 1.29 is 35.6 Å². The summed E-state index contributed by atoms with van der Waals surface area (Å²) < 4.78 is 232. The van der Waals surface area contributed by atoms with Crippen molar-refractivity contribution >= 4 is 84.8 Å². The summed E-state index contributed by atoms with van der Waals surface area (Å²) in [5.74, 6) is -2.32. The second-order valence-corrected chi connectivity index (χ2v) is 12.9. The Kier molecular flexibility index (Phi) is 2.88. The normalized spacial score (nSPS) is 19.1. The molecule has 4 aromatic heterocycles. The Hall–Kier alpha value is -6.21. The molecule has 0 aliphatic rings. The van der Waals surface area contributed by atoms with Gasteiger partial charge in [0.25, 0.3) is 0 Å². The van der Waals surface area contributed by atoms with Gasteiger partial charge in [-0.15, -0.1) is 22.7 Å². The quantitative estimate of drug-likeness (QED) is 0.182. The maximum atomic E-state index is 9.67. The van der Waals surface area contributed by atoms with Crippen LogP contribution < -0.4 is 0 Å². The van der Waals surface area contributed by atoms with Crippen molar-refractivity contribution in [2.45, 2.75) is 0 Å². The second kappa shape index (κ2) is 11.2. The SMILES string of the molecule is [2H]c1c([2H])c([2H])c(-c2c([2H])c([2H])c([2H])c(-c3nc(-c4c([2H])c([2H])c([2H])c5c4sc4c([2H])c([2H])c([2H])c([2H])c45)nc(-n4c5c([2H])c([2H])c([2H])c([2H])c5c5c6sc7c([2H])c([2H])c([2H])c([2H])c7c6c([2H])c([2H])c54)n3)c2[2H])c([2H])c1[2H]. The summed E-state index contributed by atoms with van der Waals surface area (Å²) in [6.45, 7) is 0. The van der Waals surface area contributed by atoms with Crippen molar-refractivity contribution in [3.05, 3.63) is 157 Å². The number of thiophene rings is 2. The van der Waals surface area contributed by atoms with E-state index in [9.17, 15) is 9.60 Å². The van der Waals surface area contributed by atoms with Gasteiger partial charge in [-0.2, -0.15) is 9.97 Å². The van der Waals surface area contributed by atoms with E-state index in [1.54, 1.807) is 0 Å². The summed E-state index contributed by atoms with van der Waals surface area (Å²) in [4.78, 5) is 13.9. The molecule has 0 bridgehead atoms. The van der Waals surface area contributed by atoms with Gasteiger partial charge >= 0.3 is 0 Å². The van der Waals surface area contributed by atoms with E-state index in [4.69, 9.17) is 26.0 Å². The van der Waals surface area contributed by atoms with Crippen molar-refractivity contribution in [1.82, 2.24) is 19.5 Å². The van der Waals surface area contributed by atoms with Crippen LogP contribution in [0, 0.1) is 0 Å². The fourth-order valence-electron chi connectivity index (χ4n) is 5.90. The van der Waals surface area contributed by atoms with Crippen LogP contribution in [-0.4, -0.2) is 19.5 Å². The zero-order chi connectivity index (χ0) is 56.1. The lowest BCUT2D eigenvalue weighted by Crippen LogP contribution is -2.06. The van der Waals surface area contributed by atoms with Gasteiger partial charge in [0.2, 0.25) is 5.95 Å². The Bertz CT molecular complexity index is 4630. The minimum atomic E-state index is -0.982. The van der Waals surface area contributed by atoms with E-state index in [0.29, 0.717) is 11.3 Å². The molecule has 6 heteroatoms. The third kappa shape index (κ3) is 4.40. The number of para-hydroxylation sites is 1. The molecule has 0 amide bonds. The van der Waals surface area contributed by atoms with E-state index in [1.807, 2.05) is 0 Å². The molecule has 51 heavy (non-hydrogen) atoms. The minimum absolute atomic E-state index is 0.0356. The topological polar surface area (TPSA) is 43.6 Å². The van der Waals surface area contributed by atoms with Crippen LogP contribution in [0.25, 0.3) is 102 Å². The maximum Gasteiger partial charge on any atom is 0.238 e. The molecule has 0 saturated carbocycles. The first kappa shape index (κ1) is 13.2. The average molecular weight is 713 g/mol. The number of aromatic nitrogens is 4. The molecule has 4 heterocycles. The highest BCUT2D eigenvalue weighted by Crippen LogP contribution is 2.44. The third-order valence-corrected chi connectivity index (χ3v) is 10.3. The summed E-state index contributed by atoms with van der Waals surface area (Å²) in [6, 6.07) is -19.9. The number of fused-ring (bicyclic) bond motifs is 10. The van der Waals surface area contributed by atoms with Crippen LogP contribution in [0.3, 0.4) is 0 Å². The van der Waals surface area contributed by atoms with Gasteiger partial charge in [0.1, 0.15) is 0 Å². The summed E-state index contributed by atoms with van der Waals surface area (Å²) in [5.41, 5.74) is -3.67. The number of nitrogens with zero attached hydrogens (tertiary/aromatic N) is 4. The minimum Gasteiger partial charge on any atom is -0.278 e. The molecule has 0 unspecified atom stereocenters. The summed E-state index contributed by atoms with van der Waals surface area (Å²) in [6.07, 6.45) is 0. The molecule has 0 N–H and O–H groups in total. The van der Waals surface area contributed by atoms with Crippen molar-refractivity contribution in [2.75, 3.05) is 0 Å². The van der Waals surface area contributed by atoms with Crippen LogP contribution in [0.1, 0.15) is 35.6 Å². The van der Waals surface area contributed by atoms with Crippen molar-refractivity contribution in [2.24, 2.45) is 0 Å². The smallest absolute Gasteiger partial charge is 0.238 e. The van der Waals surface area contributed by atoms with Crippen LogP contribution in [-0.2, 0) is 0 Å². The van der Waals surface area contributed by atoms with E-state index in [1.165, 1.54) is 0 Å². The van der Waals surface area contributed by atoms with E-state index in [0.717, 1.165) is 15.9 Å². The molecule has 0 radical (unpaired) electrons. The molecular weight excluding hydrogens is 661 g/mol. The molecule has 238 valence electrons. The van der Waals surface area contributed by atoms with Gasteiger partial charge in [0.05, 0.1) is 46.7 Å². The fraction of sp³-hybridized carbons (Fsp3) is 0. The summed E-state index contributed by atoms with van der Waals surface area (Å²) in [5, 5.41) is -1.33. The highest BCUT2D eigenvalue weighted by atomic mass is 32.1. The molecule has 0 saturated heterocycles. The molecule has 0 fully saturated rings. The van der Waals surface area contributed by atoms with E-state index >= 15 is 0 Å². The highest BCUT2D eigenvalue weighted by Gasteiger charge is 2.22. The van der Waals surface area contributed by atoms with Gasteiger partial charge in [0.15, 0.2) is 11.6 Å². The maximum absolute atomic E-state index is 9.67. The van der Waals surface area contributed by atoms with Crippen molar-refractivity contribution in [3.63, 3.8) is 0 Å². The zero-order valence-electron chi connectivity index (χ0n) is 51.1. The van der Waals surface area contributed by atoms with Gasteiger partial charge in [-0.3, -0.25) is 4.57 Å². The summed E-state index contributed by atoms with van der Waals surface area (Å²) >= 11 is 1.40. The Morgan fingerprint density at radius 3 is 1.86 bits per heavy atom. The molecular formula is C45H26N4S2. The van der Waals surface area contributed by atoms with Crippen LogP contribution in [0.4, 0.5) is 0 Å². The lowest BCUT2D eigenvalue weighted by molar-refractivity contribution is 0.955. The number of benzene rings is 7. The molecule has 11 rings (SSSR count). The highest BCUT2D eigenvalue weighted by molar-refractivity contribution is 7.27. The van der Waals surface area contributed by atoms with E-state index in [-0.39, 0.29) is 51.1 Å². The lowest BCUT2D eigenvalue weighted by atomic mass is 10.0. The first-order chi connectivity index (χ1) is 36.1. The molecule has 7 aromatic carbocycles. The molecule has 0 spiro atoms. The van der Waals surface area contributed by atoms with Gasteiger partial charge in [0, 0.05) is 62.2 Å². The largest absolute Gasteiger partial charge is 0.278 e. The number of hydrogen-bond acceptors (Lipinski definition) is 5. The predicted octanol–water partition coefficient (Wildman–Crippen LogP) is 12.7. The predicted molar refractivity (Wildman–Crippen MR) is 216 cm³/mol. The van der Waals surface area contributed by atoms with E-state index in [2.05, 4.69) is 15.0 Å². The van der Waals surface area contributed by atoms with Gasteiger partial charge in [-0.05, 0) is 47.4 Å². The fourth-order valence-corrected chi connectivity index (χ4v) is 8.08. The molecule has 0 atom stereocenters. The van der Waals surface area contributed by atoms with Gasteiger partial charge in [-0.1, -0.05) is 121 Å². The second-order valence-electron chi connectivity index (χ2n) is 10.8. The van der Waals surface area contributed by atoms with Gasteiger partial charge < -0.3 is 0 Å². The molecule has 0 aliphatic heterocycles. The lowest BCUT2D eigenvalue weighted by Gasteiger charge is -2.12. The van der Waals surface area contributed by atoms with Crippen LogP contribution in [0.2, 0.25) is 0 Å². The Balaban J connectivity index is 1.39. The van der Waals surface area contributed by atoms with E-state index < -0.39 is 208 Å². The van der Waals surface area contributed by atoms with Crippen molar-refractivity contribution in [3.8, 4) is 39.9 Å². The summed E-state index contributed by atoms with van der Waals surface area (Å²) in [7, 11) is 0.